The minimum absolute atomic E-state index is 0.0553. The van der Waals surface area contributed by atoms with Crippen LogP contribution >= 0.6 is 0 Å². The quantitative estimate of drug-likeness (QED) is 0.645. The molecule has 0 amide bonds. The van der Waals surface area contributed by atoms with Gasteiger partial charge in [-0.2, -0.15) is 0 Å². The summed E-state index contributed by atoms with van der Waals surface area (Å²) in [5.41, 5.74) is 3.96. The summed E-state index contributed by atoms with van der Waals surface area (Å²) in [7, 11) is 0. The molecule has 2 aromatic rings. The third-order valence-corrected chi connectivity index (χ3v) is 5.30. The molecule has 0 saturated heterocycles. The second-order valence-corrected chi connectivity index (χ2v) is 6.73. The highest BCUT2D eigenvalue weighted by atomic mass is 16.4. The fraction of sp³-hybridized carbons (Fsp3) is 0.238. The summed E-state index contributed by atoms with van der Waals surface area (Å²) in [6.07, 6.45) is 5.23. The van der Waals surface area contributed by atoms with Crippen molar-refractivity contribution in [1.29, 1.82) is 0 Å². The van der Waals surface area contributed by atoms with Gasteiger partial charge in [-0.15, -0.1) is 0 Å². The molecule has 0 aromatic heterocycles. The molecule has 2 aliphatic rings. The monoisotopic (exact) mass is 333 g/mol. The SMILES string of the molecule is CC(=O)c1ccc2c(c1)[C@@H]1C=CC[C@H]1[C@H](c1ccccc1C(=O)O)N2. The minimum atomic E-state index is -0.905. The van der Waals surface area contributed by atoms with Crippen molar-refractivity contribution in [1.82, 2.24) is 0 Å². The largest absolute Gasteiger partial charge is 0.478 e. The number of allylic oxidation sites excluding steroid dienone is 2. The molecule has 2 N–H and O–H groups in total. The average molecular weight is 333 g/mol. The second kappa shape index (κ2) is 5.88. The van der Waals surface area contributed by atoms with Crippen molar-refractivity contribution in [3.05, 3.63) is 76.9 Å². The van der Waals surface area contributed by atoms with Crippen LogP contribution in [0.2, 0.25) is 0 Å². The van der Waals surface area contributed by atoms with Crippen molar-refractivity contribution >= 4 is 17.4 Å². The molecular formula is C21H19NO3. The average Bonchev–Trinajstić information content (AvgIpc) is 3.10. The fourth-order valence-corrected chi connectivity index (χ4v) is 4.08. The number of ketones is 1. The van der Waals surface area contributed by atoms with Crippen LogP contribution in [0.1, 0.15) is 57.1 Å². The molecular weight excluding hydrogens is 314 g/mol. The lowest BCUT2D eigenvalue weighted by molar-refractivity contribution is 0.0694. The minimum Gasteiger partial charge on any atom is -0.478 e. The van der Waals surface area contributed by atoms with Gasteiger partial charge >= 0.3 is 5.97 Å². The zero-order chi connectivity index (χ0) is 17.6. The Bertz CT molecular complexity index is 900. The van der Waals surface area contributed by atoms with Crippen LogP contribution in [0.25, 0.3) is 0 Å². The number of aromatic carboxylic acids is 1. The maximum atomic E-state index is 11.7. The summed E-state index contributed by atoms with van der Waals surface area (Å²) >= 11 is 0. The maximum Gasteiger partial charge on any atom is 0.336 e. The summed E-state index contributed by atoms with van der Waals surface area (Å²) in [6.45, 7) is 1.58. The second-order valence-electron chi connectivity index (χ2n) is 6.73. The summed E-state index contributed by atoms with van der Waals surface area (Å²) in [4.78, 5) is 23.4. The highest BCUT2D eigenvalue weighted by molar-refractivity contribution is 5.95. The van der Waals surface area contributed by atoms with E-state index in [0.717, 1.165) is 23.2 Å². The van der Waals surface area contributed by atoms with Gasteiger partial charge in [0, 0.05) is 17.2 Å². The number of hydrogen-bond donors (Lipinski definition) is 2. The normalized spacial score (nSPS) is 23.5. The summed E-state index contributed by atoms with van der Waals surface area (Å²) in [6, 6.07) is 12.9. The molecule has 126 valence electrons. The third kappa shape index (κ3) is 2.54. The van der Waals surface area contributed by atoms with Gasteiger partial charge in [0.2, 0.25) is 0 Å². The van der Waals surface area contributed by atoms with Gasteiger partial charge in [-0.1, -0.05) is 30.4 Å². The van der Waals surface area contributed by atoms with E-state index in [0.29, 0.717) is 11.1 Å². The number of carboxylic acids is 1. The van der Waals surface area contributed by atoms with E-state index in [4.69, 9.17) is 0 Å². The molecule has 0 unspecified atom stereocenters. The molecule has 1 aliphatic carbocycles. The Hall–Kier alpha value is -2.88. The van der Waals surface area contributed by atoms with Crippen LogP contribution in [0, 0.1) is 5.92 Å². The van der Waals surface area contributed by atoms with E-state index in [1.165, 1.54) is 0 Å². The van der Waals surface area contributed by atoms with E-state index < -0.39 is 5.97 Å². The van der Waals surface area contributed by atoms with Gasteiger partial charge in [-0.3, -0.25) is 4.79 Å². The molecule has 0 bridgehead atoms. The molecule has 25 heavy (non-hydrogen) atoms. The van der Waals surface area contributed by atoms with Crippen molar-refractivity contribution in [2.45, 2.75) is 25.3 Å². The zero-order valence-electron chi connectivity index (χ0n) is 13.9. The van der Waals surface area contributed by atoms with E-state index in [1.807, 2.05) is 30.3 Å². The lowest BCUT2D eigenvalue weighted by Gasteiger charge is -2.38. The van der Waals surface area contributed by atoms with Crippen molar-refractivity contribution in [3.8, 4) is 0 Å². The molecule has 3 atom stereocenters. The smallest absolute Gasteiger partial charge is 0.336 e. The topological polar surface area (TPSA) is 66.4 Å². The predicted octanol–water partition coefficient (Wildman–Crippen LogP) is 4.41. The number of rotatable bonds is 3. The molecule has 0 saturated carbocycles. The molecule has 0 spiro atoms. The Morgan fingerprint density at radius 3 is 2.68 bits per heavy atom. The lowest BCUT2D eigenvalue weighted by Crippen LogP contribution is -2.30. The number of carbonyl (C=O) groups is 2. The molecule has 0 radical (unpaired) electrons. The van der Waals surface area contributed by atoms with Crippen LogP contribution in [-0.2, 0) is 0 Å². The van der Waals surface area contributed by atoms with Crippen LogP contribution in [0.15, 0.2) is 54.6 Å². The number of fused-ring (bicyclic) bond motifs is 3. The Balaban J connectivity index is 1.81. The molecule has 2 aromatic carbocycles. The van der Waals surface area contributed by atoms with Crippen molar-refractivity contribution in [3.63, 3.8) is 0 Å². The summed E-state index contributed by atoms with van der Waals surface area (Å²) in [5.74, 6) is -0.407. The Morgan fingerprint density at radius 2 is 1.92 bits per heavy atom. The first kappa shape index (κ1) is 15.6. The first-order valence-electron chi connectivity index (χ1n) is 8.46. The van der Waals surface area contributed by atoms with Crippen molar-refractivity contribution in [2.75, 3.05) is 5.32 Å². The Morgan fingerprint density at radius 1 is 1.12 bits per heavy atom. The highest BCUT2D eigenvalue weighted by Gasteiger charge is 2.39. The number of Topliss-reactive ketones (excluding diaryl/α,β-unsaturated/α-hetero) is 1. The van der Waals surface area contributed by atoms with Crippen molar-refractivity contribution < 1.29 is 14.7 Å². The van der Waals surface area contributed by atoms with Crippen LogP contribution in [0.3, 0.4) is 0 Å². The van der Waals surface area contributed by atoms with E-state index in [1.54, 1.807) is 19.1 Å². The highest BCUT2D eigenvalue weighted by Crippen LogP contribution is 2.50. The maximum absolute atomic E-state index is 11.7. The molecule has 0 fully saturated rings. The number of nitrogens with one attached hydrogen (secondary N) is 1. The first-order valence-corrected chi connectivity index (χ1v) is 8.46. The third-order valence-electron chi connectivity index (χ3n) is 5.30. The van der Waals surface area contributed by atoms with E-state index in [2.05, 4.69) is 17.5 Å². The van der Waals surface area contributed by atoms with Gasteiger partial charge in [0.1, 0.15) is 0 Å². The van der Waals surface area contributed by atoms with E-state index >= 15 is 0 Å². The van der Waals surface area contributed by atoms with Crippen LogP contribution in [0.5, 0.6) is 0 Å². The van der Waals surface area contributed by atoms with Gasteiger partial charge < -0.3 is 10.4 Å². The van der Waals surface area contributed by atoms with E-state index in [9.17, 15) is 14.7 Å². The number of carboxylic acid groups (broad SMARTS) is 1. The molecule has 1 heterocycles. The molecule has 1 aliphatic heterocycles. The van der Waals surface area contributed by atoms with Gasteiger partial charge in [-0.25, -0.2) is 4.79 Å². The molecule has 4 rings (SSSR count). The van der Waals surface area contributed by atoms with Crippen LogP contribution in [-0.4, -0.2) is 16.9 Å². The van der Waals surface area contributed by atoms with Gasteiger partial charge in [0.25, 0.3) is 0 Å². The van der Waals surface area contributed by atoms with Gasteiger partial charge in [0.15, 0.2) is 5.78 Å². The zero-order valence-corrected chi connectivity index (χ0v) is 13.9. The van der Waals surface area contributed by atoms with Crippen LogP contribution < -0.4 is 5.32 Å². The standard InChI is InChI=1S/C21H19NO3/c1-12(23)13-9-10-19-18(11-13)14-7-4-8-15(14)20(22-19)16-5-2-3-6-17(16)21(24)25/h2-7,9-11,14-15,20,22H,8H2,1H3,(H,24,25)/t14-,15-,20-/m1/s1. The van der Waals surface area contributed by atoms with E-state index in [-0.39, 0.29) is 23.7 Å². The molecule has 4 nitrogen and oxygen atoms in total. The number of hydrogen-bond acceptors (Lipinski definition) is 3. The van der Waals surface area contributed by atoms with Gasteiger partial charge in [0.05, 0.1) is 11.6 Å². The fourth-order valence-electron chi connectivity index (χ4n) is 4.08. The lowest BCUT2D eigenvalue weighted by atomic mass is 9.75. The van der Waals surface area contributed by atoms with Gasteiger partial charge in [-0.05, 0) is 54.7 Å². The first-order chi connectivity index (χ1) is 12.1. The number of carbonyl (C=O) groups excluding carboxylic acids is 1. The van der Waals surface area contributed by atoms with Crippen LogP contribution in [0.4, 0.5) is 5.69 Å². The number of anilines is 1. The summed E-state index contributed by atoms with van der Waals surface area (Å²) in [5, 5.41) is 13.1. The Labute approximate surface area is 146 Å². The summed E-state index contributed by atoms with van der Waals surface area (Å²) < 4.78 is 0. The predicted molar refractivity (Wildman–Crippen MR) is 96.2 cm³/mol. The Kier molecular flexibility index (Phi) is 3.68. The van der Waals surface area contributed by atoms with Crippen molar-refractivity contribution in [2.24, 2.45) is 5.92 Å². The number of benzene rings is 2. The molecule has 4 heteroatoms.